The molecule has 9 nitrogen and oxygen atoms in total. The largest absolute Gasteiger partial charge is 0.389 e. The minimum atomic E-state index is -4.45. The normalized spacial score (nSPS) is 18.9. The lowest BCUT2D eigenvalue weighted by molar-refractivity contribution is -0.144. The molecule has 0 aromatic carbocycles. The molecule has 4 rings (SSSR count). The Hall–Kier alpha value is -3.58. The molecule has 218 valence electrons. The highest BCUT2D eigenvalue weighted by Gasteiger charge is 2.41. The maximum Gasteiger partial charge on any atom is 0.389 e. The Kier molecular flexibility index (Phi) is 8.74. The molecule has 2 unspecified atom stereocenters. The van der Waals surface area contributed by atoms with Gasteiger partial charge in [-0.05, 0) is 61.3 Å². The van der Waals surface area contributed by atoms with Crippen molar-refractivity contribution in [2.75, 3.05) is 5.32 Å². The van der Waals surface area contributed by atoms with Crippen LogP contribution in [0.1, 0.15) is 73.5 Å². The van der Waals surface area contributed by atoms with Crippen molar-refractivity contribution >= 4 is 23.5 Å². The number of hydrogen-bond donors (Lipinski definition) is 3. The van der Waals surface area contributed by atoms with E-state index >= 15 is 0 Å². The monoisotopic (exact) mass is 570 g/mol. The van der Waals surface area contributed by atoms with E-state index in [1.54, 1.807) is 13.1 Å². The number of aryl methyl sites for hydroxylation is 1. The third-order valence-electron chi connectivity index (χ3n) is 7.30. The molecule has 0 saturated heterocycles. The van der Waals surface area contributed by atoms with Crippen LogP contribution in [0.25, 0.3) is 0 Å². The molecule has 2 aliphatic carbocycles. The lowest BCUT2D eigenvalue weighted by atomic mass is 9.81. The Morgan fingerprint density at radius 3 is 2.35 bits per heavy atom. The number of pyridine rings is 1. The van der Waals surface area contributed by atoms with Crippen LogP contribution in [0, 0.1) is 11.8 Å². The molecule has 0 aliphatic heterocycles. The summed E-state index contributed by atoms with van der Waals surface area (Å²) in [4.78, 5) is 42.6. The average Bonchev–Trinajstić information content (AvgIpc) is 3.63. The van der Waals surface area contributed by atoms with Crippen molar-refractivity contribution in [2.45, 2.75) is 75.5 Å². The van der Waals surface area contributed by atoms with Crippen LogP contribution >= 0.6 is 0 Å². The fourth-order valence-corrected chi connectivity index (χ4v) is 4.92. The van der Waals surface area contributed by atoms with E-state index in [1.807, 2.05) is 0 Å². The Balaban J connectivity index is 1.48. The van der Waals surface area contributed by atoms with Gasteiger partial charge in [-0.3, -0.25) is 19.1 Å². The first kappa shape index (κ1) is 29.4. The SMILES string of the molecule is Cn1nccc1C(=O)NC(C(=O)Nc1cc(C(NC(=O)CCC(F)(F)F)C2CC2)ccn1)C1CCC(F)(F)CC1. The molecule has 2 heterocycles. The van der Waals surface area contributed by atoms with Gasteiger partial charge < -0.3 is 16.0 Å². The van der Waals surface area contributed by atoms with Crippen molar-refractivity contribution in [3.8, 4) is 0 Å². The Morgan fingerprint density at radius 1 is 1.05 bits per heavy atom. The van der Waals surface area contributed by atoms with Crippen molar-refractivity contribution < 1.29 is 36.3 Å². The van der Waals surface area contributed by atoms with Gasteiger partial charge in [0.05, 0.1) is 12.5 Å². The summed E-state index contributed by atoms with van der Waals surface area (Å²) in [5.41, 5.74) is 0.744. The lowest BCUT2D eigenvalue weighted by Gasteiger charge is -2.33. The van der Waals surface area contributed by atoms with Crippen LogP contribution in [0.5, 0.6) is 0 Å². The average molecular weight is 571 g/mol. The molecule has 2 fully saturated rings. The number of alkyl halides is 5. The van der Waals surface area contributed by atoms with Gasteiger partial charge in [-0.25, -0.2) is 13.8 Å². The summed E-state index contributed by atoms with van der Waals surface area (Å²) in [5, 5.41) is 11.9. The topological polar surface area (TPSA) is 118 Å². The number of nitrogens with one attached hydrogen (secondary N) is 3. The van der Waals surface area contributed by atoms with E-state index in [0.717, 1.165) is 12.8 Å². The predicted octanol–water partition coefficient (Wildman–Crippen LogP) is 4.29. The minimum absolute atomic E-state index is 0.0257. The van der Waals surface area contributed by atoms with E-state index in [0.29, 0.717) is 5.56 Å². The van der Waals surface area contributed by atoms with Crippen LogP contribution in [-0.2, 0) is 16.6 Å². The Bertz CT molecular complexity index is 1220. The van der Waals surface area contributed by atoms with Crippen molar-refractivity contribution in [3.63, 3.8) is 0 Å². The van der Waals surface area contributed by atoms with E-state index in [1.165, 1.54) is 29.2 Å². The minimum Gasteiger partial charge on any atom is -0.349 e. The van der Waals surface area contributed by atoms with Crippen LogP contribution in [-0.4, -0.2) is 50.6 Å². The summed E-state index contributed by atoms with van der Waals surface area (Å²) < 4.78 is 66.6. The van der Waals surface area contributed by atoms with Gasteiger partial charge in [0.2, 0.25) is 17.7 Å². The van der Waals surface area contributed by atoms with E-state index in [2.05, 4.69) is 26.0 Å². The van der Waals surface area contributed by atoms with Crippen LogP contribution < -0.4 is 16.0 Å². The third-order valence-corrected chi connectivity index (χ3v) is 7.30. The first-order valence-corrected chi connectivity index (χ1v) is 13.1. The second-order valence-electron chi connectivity index (χ2n) is 10.4. The highest BCUT2D eigenvalue weighted by atomic mass is 19.4. The van der Waals surface area contributed by atoms with Crippen LogP contribution in [0.2, 0.25) is 0 Å². The van der Waals surface area contributed by atoms with E-state index < -0.39 is 73.5 Å². The van der Waals surface area contributed by atoms with Gasteiger partial charge in [0, 0.05) is 38.7 Å². The smallest absolute Gasteiger partial charge is 0.349 e. The molecule has 0 radical (unpaired) electrons. The van der Waals surface area contributed by atoms with Gasteiger partial charge in [0.1, 0.15) is 17.6 Å². The number of carbonyl (C=O) groups is 3. The number of carbonyl (C=O) groups excluding carboxylic acids is 3. The molecular weight excluding hydrogens is 539 g/mol. The van der Waals surface area contributed by atoms with E-state index in [9.17, 15) is 36.3 Å². The second-order valence-corrected chi connectivity index (χ2v) is 10.4. The summed E-state index contributed by atoms with van der Waals surface area (Å²) >= 11 is 0. The summed E-state index contributed by atoms with van der Waals surface area (Å²) in [5.74, 6) is -5.21. The molecule has 2 aromatic rings. The van der Waals surface area contributed by atoms with Gasteiger partial charge in [0.15, 0.2) is 0 Å². The molecule has 14 heteroatoms. The number of nitrogens with zero attached hydrogens (tertiary/aromatic N) is 3. The molecule has 3 N–H and O–H groups in total. The molecule has 2 aliphatic rings. The second kappa shape index (κ2) is 11.9. The van der Waals surface area contributed by atoms with Crippen LogP contribution in [0.4, 0.5) is 27.8 Å². The van der Waals surface area contributed by atoms with Crippen LogP contribution in [0.3, 0.4) is 0 Å². The van der Waals surface area contributed by atoms with E-state index in [-0.39, 0.29) is 30.3 Å². The number of anilines is 1. The summed E-state index contributed by atoms with van der Waals surface area (Å²) in [6.07, 6.45) is -2.77. The number of aromatic nitrogens is 3. The molecule has 0 bridgehead atoms. The van der Waals surface area contributed by atoms with Gasteiger partial charge in [0.25, 0.3) is 5.91 Å². The molecule has 40 heavy (non-hydrogen) atoms. The molecular formula is C26H31F5N6O3. The lowest BCUT2D eigenvalue weighted by Crippen LogP contribution is -2.50. The van der Waals surface area contributed by atoms with Crippen molar-refractivity contribution in [2.24, 2.45) is 18.9 Å². The first-order valence-electron chi connectivity index (χ1n) is 13.1. The zero-order valence-electron chi connectivity index (χ0n) is 21.8. The predicted molar refractivity (Wildman–Crippen MR) is 133 cm³/mol. The highest BCUT2D eigenvalue weighted by molar-refractivity contribution is 6.00. The summed E-state index contributed by atoms with van der Waals surface area (Å²) in [6.45, 7) is 0. The third kappa shape index (κ3) is 7.98. The van der Waals surface area contributed by atoms with Gasteiger partial charge in [-0.1, -0.05) is 0 Å². The maximum absolute atomic E-state index is 13.8. The van der Waals surface area contributed by atoms with Gasteiger partial charge in [-0.2, -0.15) is 18.3 Å². The molecule has 2 aromatic heterocycles. The summed E-state index contributed by atoms with van der Waals surface area (Å²) in [6, 6.07) is 2.89. The fourth-order valence-electron chi connectivity index (χ4n) is 4.92. The molecule has 3 amide bonds. The number of hydrogen-bond acceptors (Lipinski definition) is 5. The molecule has 2 atom stereocenters. The fraction of sp³-hybridized carbons (Fsp3) is 0.577. The molecule has 0 spiro atoms. The zero-order valence-corrected chi connectivity index (χ0v) is 21.8. The Labute approximate surface area is 227 Å². The molecule has 2 saturated carbocycles. The number of amides is 3. The maximum atomic E-state index is 13.8. The van der Waals surface area contributed by atoms with Crippen molar-refractivity contribution in [1.29, 1.82) is 0 Å². The summed E-state index contributed by atoms with van der Waals surface area (Å²) in [7, 11) is 1.55. The zero-order chi connectivity index (χ0) is 29.1. The first-order chi connectivity index (χ1) is 18.8. The van der Waals surface area contributed by atoms with Crippen molar-refractivity contribution in [1.82, 2.24) is 25.4 Å². The van der Waals surface area contributed by atoms with Crippen molar-refractivity contribution in [3.05, 3.63) is 41.9 Å². The van der Waals surface area contributed by atoms with Gasteiger partial charge in [-0.15, -0.1) is 0 Å². The standard InChI is InChI=1S/C26H31F5N6O3/c1-37-18(8-13-33-37)23(39)36-22(16-4-9-25(27,28)10-5-16)24(40)34-19-14-17(7-12-32-19)21(15-2-3-15)35-20(38)6-11-26(29,30)31/h7-8,12-16,21-22H,2-6,9-11H2,1H3,(H,35,38)(H,36,39)(H,32,34,40). The number of halogens is 5. The van der Waals surface area contributed by atoms with E-state index in [4.69, 9.17) is 0 Å². The highest BCUT2D eigenvalue weighted by Crippen LogP contribution is 2.42. The Morgan fingerprint density at radius 2 is 1.75 bits per heavy atom. The van der Waals surface area contributed by atoms with Gasteiger partial charge >= 0.3 is 6.18 Å². The van der Waals surface area contributed by atoms with Crippen LogP contribution in [0.15, 0.2) is 30.6 Å². The number of rotatable bonds is 10. The quantitative estimate of drug-likeness (QED) is 0.369.